The highest BCUT2D eigenvalue weighted by Gasteiger charge is 2.05. The van der Waals surface area contributed by atoms with Crippen LogP contribution in [0, 0.1) is 0 Å². The molecule has 10 N–H and O–H groups in total. The van der Waals surface area contributed by atoms with E-state index >= 15 is 0 Å². The van der Waals surface area contributed by atoms with Crippen LogP contribution in [0.3, 0.4) is 0 Å². The average molecular weight is 956 g/mol. The number of aromatic hydroxyl groups is 8. The van der Waals surface area contributed by atoms with Crippen molar-refractivity contribution in [1.82, 2.24) is 19.9 Å². The summed E-state index contributed by atoms with van der Waals surface area (Å²) in [7, 11) is 4.01. The lowest BCUT2D eigenvalue weighted by molar-refractivity contribution is 0.200. The maximum Gasteiger partial charge on any atom is 0.137 e. The van der Waals surface area contributed by atoms with E-state index in [1.165, 1.54) is 24.7 Å². The van der Waals surface area contributed by atoms with Crippen molar-refractivity contribution in [2.45, 2.75) is 12.5 Å². The summed E-state index contributed by atoms with van der Waals surface area (Å²) in [5.74, 6) is 1.81. The summed E-state index contributed by atoms with van der Waals surface area (Å²) in [6, 6.07) is 42.3. The van der Waals surface area contributed by atoms with E-state index in [1.807, 2.05) is 73.6 Å². The Kier molecular flexibility index (Phi) is 19.7. The third-order valence-electron chi connectivity index (χ3n) is 9.87. The molecule has 362 valence electrons. The lowest BCUT2D eigenvalue weighted by Gasteiger charge is -2.13. The highest BCUT2D eigenvalue weighted by atomic mass is 16.3. The first-order valence-electron chi connectivity index (χ1n) is 21.7. The van der Waals surface area contributed by atoms with Gasteiger partial charge in [0.1, 0.15) is 46.0 Å². The van der Waals surface area contributed by atoms with E-state index in [-0.39, 0.29) is 40.3 Å². The first-order valence-corrected chi connectivity index (χ1v) is 21.7. The maximum absolute atomic E-state index is 9.59. The number of nitrogens with zero attached hydrogens (tertiary/aromatic N) is 5. The topological polar surface area (TPSA) is 257 Å². The van der Waals surface area contributed by atoms with Gasteiger partial charge in [-0.2, -0.15) is 0 Å². The van der Waals surface area contributed by atoms with Crippen LogP contribution in [0.25, 0.3) is 43.2 Å². The van der Waals surface area contributed by atoms with Crippen LogP contribution < -0.4 is 4.90 Å². The number of rotatable bonds is 1. The number of aliphatic hydroxyl groups excluding tert-OH is 2. The molecule has 0 saturated carbocycles. The molecule has 15 nitrogen and oxygen atoms in total. The Morgan fingerprint density at radius 1 is 0.437 bits per heavy atom. The SMILES string of the molecule is CN(C)c1ccc2c(O)cccc2c1.OC1=CC=CC(O)C1.Oc1ccc2c(O)cccc2c1.Oc1cccc2cnccc12.Oc1cccc2ncccc12.Oc1cccnc1.Oc1cncc(O)c1. The molecule has 0 radical (unpaired) electrons. The minimum atomic E-state index is -0.486. The molecule has 10 aromatic rings. The van der Waals surface area contributed by atoms with Crippen LogP contribution >= 0.6 is 0 Å². The zero-order chi connectivity index (χ0) is 51.1. The van der Waals surface area contributed by atoms with Crippen LogP contribution in [0.1, 0.15) is 6.42 Å². The van der Waals surface area contributed by atoms with E-state index in [0.717, 1.165) is 48.9 Å². The molecule has 0 fully saturated rings. The quantitative estimate of drug-likeness (QED) is 0.0734. The highest BCUT2D eigenvalue weighted by Crippen LogP contribution is 2.29. The first-order chi connectivity index (χ1) is 34.2. The number of hydrogen-bond donors (Lipinski definition) is 10. The van der Waals surface area contributed by atoms with E-state index in [2.05, 4.69) is 26.0 Å². The van der Waals surface area contributed by atoms with Crippen molar-refractivity contribution in [3.8, 4) is 46.0 Å². The van der Waals surface area contributed by atoms with Gasteiger partial charge in [0.05, 0.1) is 36.0 Å². The van der Waals surface area contributed by atoms with Crippen molar-refractivity contribution < 1.29 is 51.1 Å². The van der Waals surface area contributed by atoms with Crippen molar-refractivity contribution in [2.75, 3.05) is 19.0 Å². The van der Waals surface area contributed by atoms with Gasteiger partial charge in [-0.05, 0) is 114 Å². The van der Waals surface area contributed by atoms with Crippen molar-refractivity contribution in [3.05, 3.63) is 213 Å². The standard InChI is InChI=1S/C12H13NO.C10H8O2.2C9H7NO.C6H8O2.C5H5NO2.C5H5NO/c1-13(2)10-6-7-11-9(8-10)4-3-5-12(11)14;11-8-4-5-9-7(6-8)2-1-3-10(9)12;11-9-5-1-4-8-7(9)3-2-6-10-8;11-9-3-1-2-7-6-10-5-4-8(7)9;7-5-2-1-3-6(8)4-5;7-4-1-5(8)3-6-2-4;7-5-2-1-3-6-4-5/h3-8,14H,1-2H3;1-6,11-12H;2*1-6,11H;1-3,5,7-8H,4H2;1-3,7-8H;1-4,7H. The predicted molar refractivity (Wildman–Crippen MR) is 278 cm³/mol. The van der Waals surface area contributed by atoms with Crippen LogP contribution in [0.15, 0.2) is 213 Å². The number of pyridine rings is 4. The van der Waals surface area contributed by atoms with Gasteiger partial charge in [-0.25, -0.2) is 0 Å². The molecule has 6 aromatic carbocycles. The lowest BCUT2D eigenvalue weighted by Crippen LogP contribution is -2.07. The van der Waals surface area contributed by atoms with Crippen molar-refractivity contribution in [1.29, 1.82) is 0 Å². The number of hydrogen-bond acceptors (Lipinski definition) is 15. The van der Waals surface area contributed by atoms with Crippen molar-refractivity contribution in [2.24, 2.45) is 0 Å². The van der Waals surface area contributed by atoms with E-state index in [1.54, 1.807) is 122 Å². The van der Waals surface area contributed by atoms with Crippen LogP contribution in [-0.2, 0) is 0 Å². The summed E-state index contributed by atoms with van der Waals surface area (Å²) in [6.07, 6.45) is 15.3. The van der Waals surface area contributed by atoms with E-state index in [0.29, 0.717) is 17.9 Å². The monoisotopic (exact) mass is 955 g/mol. The fourth-order valence-electron chi connectivity index (χ4n) is 6.39. The number of phenolic OH excluding ortho intramolecular Hbond substituents is 5. The second-order valence-electron chi connectivity index (χ2n) is 15.4. The summed E-state index contributed by atoms with van der Waals surface area (Å²) in [5, 5.41) is 96.2. The number of phenols is 5. The van der Waals surface area contributed by atoms with Gasteiger partial charge < -0.3 is 56.0 Å². The second-order valence-corrected chi connectivity index (χ2v) is 15.4. The number of fused-ring (bicyclic) bond motifs is 4. The Balaban J connectivity index is 0.000000156. The number of aliphatic hydroxyl groups is 2. The Bertz CT molecular complexity index is 3210. The smallest absolute Gasteiger partial charge is 0.137 e. The fourth-order valence-corrected chi connectivity index (χ4v) is 6.39. The zero-order valence-electron chi connectivity index (χ0n) is 38.6. The minimum Gasteiger partial charge on any atom is -0.512 e. The van der Waals surface area contributed by atoms with E-state index < -0.39 is 6.10 Å². The Morgan fingerprint density at radius 3 is 1.49 bits per heavy atom. The van der Waals surface area contributed by atoms with Gasteiger partial charge in [-0.1, -0.05) is 54.6 Å². The summed E-state index contributed by atoms with van der Waals surface area (Å²) >= 11 is 0. The highest BCUT2D eigenvalue weighted by molar-refractivity contribution is 5.91. The second kappa shape index (κ2) is 26.7. The summed E-state index contributed by atoms with van der Waals surface area (Å²) in [5.41, 5.74) is 1.97. The molecule has 0 aliphatic heterocycles. The predicted octanol–water partition coefficient (Wildman–Crippen LogP) is 10.8. The number of anilines is 1. The zero-order valence-corrected chi connectivity index (χ0v) is 38.6. The Morgan fingerprint density at radius 2 is 0.986 bits per heavy atom. The van der Waals surface area contributed by atoms with Gasteiger partial charge in [0.25, 0.3) is 0 Å². The van der Waals surface area contributed by atoms with Gasteiger partial charge in [0.15, 0.2) is 0 Å². The molecular formula is C56H53N5O10. The Labute approximate surface area is 409 Å². The molecule has 11 rings (SSSR count). The van der Waals surface area contributed by atoms with Crippen molar-refractivity contribution >= 4 is 48.9 Å². The molecule has 1 atom stereocenters. The van der Waals surface area contributed by atoms with Gasteiger partial charge in [0, 0.05) is 84.0 Å². The largest absolute Gasteiger partial charge is 0.512 e. The van der Waals surface area contributed by atoms with Gasteiger partial charge in [-0.15, -0.1) is 0 Å². The molecule has 0 bridgehead atoms. The molecule has 15 heteroatoms. The van der Waals surface area contributed by atoms with Gasteiger partial charge in [0.2, 0.25) is 0 Å². The van der Waals surface area contributed by atoms with Crippen molar-refractivity contribution in [3.63, 3.8) is 0 Å². The fraction of sp³-hybridized carbons (Fsp3) is 0.0714. The van der Waals surface area contributed by atoms with Crippen LogP contribution in [0.5, 0.6) is 46.0 Å². The average Bonchev–Trinajstić information content (AvgIpc) is 3.36. The van der Waals surface area contributed by atoms with Crippen LogP contribution in [0.2, 0.25) is 0 Å². The molecule has 1 aliphatic carbocycles. The van der Waals surface area contributed by atoms with E-state index in [4.69, 9.17) is 30.6 Å². The van der Waals surface area contributed by atoms with Crippen LogP contribution in [0.4, 0.5) is 5.69 Å². The first kappa shape index (κ1) is 52.4. The molecule has 0 spiro atoms. The number of aromatic nitrogens is 4. The molecule has 0 saturated heterocycles. The third-order valence-corrected chi connectivity index (χ3v) is 9.87. The summed E-state index contributed by atoms with van der Waals surface area (Å²) in [6.45, 7) is 0. The normalized spacial score (nSPS) is 11.9. The molecule has 4 aromatic heterocycles. The van der Waals surface area contributed by atoms with Gasteiger partial charge in [-0.3, -0.25) is 19.9 Å². The Hall–Kier alpha value is -9.60. The summed E-state index contributed by atoms with van der Waals surface area (Å²) < 4.78 is 0. The summed E-state index contributed by atoms with van der Waals surface area (Å²) in [4.78, 5) is 17.2. The minimum absolute atomic E-state index is 0.0231. The van der Waals surface area contributed by atoms with Gasteiger partial charge >= 0.3 is 0 Å². The molecule has 71 heavy (non-hydrogen) atoms. The van der Waals surface area contributed by atoms with Crippen LogP contribution in [-0.4, -0.2) is 91.2 Å². The molecular weight excluding hydrogens is 903 g/mol. The molecule has 0 amide bonds. The molecule has 1 unspecified atom stereocenters. The number of allylic oxidation sites excluding steroid dienone is 2. The molecule has 4 heterocycles. The maximum atomic E-state index is 9.59. The third kappa shape index (κ3) is 16.9. The van der Waals surface area contributed by atoms with E-state index in [9.17, 15) is 20.4 Å². The number of benzene rings is 6. The molecule has 1 aliphatic rings. The lowest BCUT2D eigenvalue weighted by atomic mass is 10.1.